The lowest BCUT2D eigenvalue weighted by molar-refractivity contribution is -0.140. The second-order valence-corrected chi connectivity index (χ2v) is 11.2. The van der Waals surface area contributed by atoms with Crippen LogP contribution in [0, 0.1) is 0 Å². The molecule has 6 nitrogen and oxygen atoms in total. The van der Waals surface area contributed by atoms with Gasteiger partial charge < -0.3 is 14.5 Å². The van der Waals surface area contributed by atoms with Gasteiger partial charge in [0.15, 0.2) is 0 Å². The molecule has 0 amide bonds. The SMILES string of the molecule is COC(=O)CCCCCN1CCN(c2ccc(C(=C3C=CC(N(C)C)C=C3)c3ccc(N(C)C)cc3)cc2)CC1. The van der Waals surface area contributed by atoms with Crippen molar-refractivity contribution in [2.75, 3.05) is 77.8 Å². The van der Waals surface area contributed by atoms with Crippen molar-refractivity contribution in [3.05, 3.63) is 89.5 Å². The van der Waals surface area contributed by atoms with Gasteiger partial charge in [-0.05, 0) is 80.0 Å². The van der Waals surface area contributed by atoms with E-state index >= 15 is 0 Å². The van der Waals surface area contributed by atoms with E-state index in [4.69, 9.17) is 4.74 Å². The van der Waals surface area contributed by atoms with Crippen molar-refractivity contribution >= 4 is 22.9 Å². The monoisotopic (exact) mass is 542 g/mol. The number of rotatable bonds is 11. The number of benzene rings is 2. The van der Waals surface area contributed by atoms with Gasteiger partial charge in [0.25, 0.3) is 0 Å². The number of hydrogen-bond acceptors (Lipinski definition) is 6. The van der Waals surface area contributed by atoms with Crippen LogP contribution in [0.3, 0.4) is 0 Å². The maximum atomic E-state index is 11.3. The van der Waals surface area contributed by atoms with Gasteiger partial charge in [0.05, 0.1) is 7.11 Å². The largest absolute Gasteiger partial charge is 0.469 e. The van der Waals surface area contributed by atoms with E-state index in [-0.39, 0.29) is 5.97 Å². The molecule has 0 saturated carbocycles. The number of hydrogen-bond donors (Lipinski definition) is 0. The third-order valence-electron chi connectivity index (χ3n) is 7.98. The molecule has 214 valence electrons. The van der Waals surface area contributed by atoms with Gasteiger partial charge in [-0.1, -0.05) is 55.0 Å². The molecule has 2 aromatic carbocycles. The molecule has 0 radical (unpaired) electrons. The molecule has 1 aliphatic carbocycles. The first-order chi connectivity index (χ1) is 19.4. The number of carbonyl (C=O) groups is 1. The fraction of sp³-hybridized carbons (Fsp3) is 0.441. The van der Waals surface area contributed by atoms with Gasteiger partial charge in [-0.15, -0.1) is 0 Å². The fourth-order valence-corrected chi connectivity index (χ4v) is 5.41. The van der Waals surface area contributed by atoms with Crippen molar-refractivity contribution in [1.29, 1.82) is 0 Å². The van der Waals surface area contributed by atoms with E-state index in [1.807, 2.05) is 0 Å². The Hall–Kier alpha value is -3.35. The summed E-state index contributed by atoms with van der Waals surface area (Å²) in [6.45, 7) is 5.34. The molecule has 4 rings (SSSR count). The Kier molecular flexibility index (Phi) is 10.6. The predicted octanol–water partition coefficient (Wildman–Crippen LogP) is 5.47. The molecule has 0 atom stereocenters. The molecular formula is C34H46N4O2. The summed E-state index contributed by atoms with van der Waals surface area (Å²) in [5.74, 6) is -0.102. The summed E-state index contributed by atoms with van der Waals surface area (Å²) >= 11 is 0. The molecule has 0 N–H and O–H groups in total. The zero-order chi connectivity index (χ0) is 28.5. The van der Waals surface area contributed by atoms with Gasteiger partial charge in [-0.3, -0.25) is 14.6 Å². The standard InChI is InChI=1S/C34H46N4O2/c1-35(2)30-16-10-27(11-17-30)34(28-12-18-31(19-13-28)36(3)4)29-14-20-32(21-15-29)38-25-23-37(24-26-38)22-8-6-7-9-33(39)40-5/h10-21,30H,6-9,22-26H2,1-5H3. The molecule has 0 unspecified atom stereocenters. The minimum absolute atomic E-state index is 0.102. The number of nitrogens with zero attached hydrogens (tertiary/aromatic N) is 4. The van der Waals surface area contributed by atoms with Crippen molar-refractivity contribution in [2.45, 2.75) is 31.7 Å². The summed E-state index contributed by atoms with van der Waals surface area (Å²) in [6.07, 6.45) is 12.7. The van der Waals surface area contributed by atoms with E-state index in [0.29, 0.717) is 12.5 Å². The van der Waals surface area contributed by atoms with Gasteiger partial charge in [-0.2, -0.15) is 0 Å². The molecule has 40 heavy (non-hydrogen) atoms. The Bertz CT molecular complexity index is 1170. The van der Waals surface area contributed by atoms with Crippen LogP contribution < -0.4 is 9.80 Å². The van der Waals surface area contributed by atoms with Crippen LogP contribution in [0.2, 0.25) is 0 Å². The normalized spacial score (nSPS) is 17.4. The lowest BCUT2D eigenvalue weighted by Gasteiger charge is -2.36. The molecule has 1 fully saturated rings. The Morgan fingerprint density at radius 3 is 1.98 bits per heavy atom. The maximum Gasteiger partial charge on any atom is 0.305 e. The number of methoxy groups -OCH3 is 1. The Labute approximate surface area is 241 Å². The summed E-state index contributed by atoms with van der Waals surface area (Å²) < 4.78 is 4.73. The quantitative estimate of drug-likeness (QED) is 0.277. The first-order valence-corrected chi connectivity index (χ1v) is 14.5. The topological polar surface area (TPSA) is 39.3 Å². The van der Waals surface area contributed by atoms with Gasteiger partial charge in [0.2, 0.25) is 0 Å². The predicted molar refractivity (Wildman–Crippen MR) is 168 cm³/mol. The number of unbranched alkanes of at least 4 members (excludes halogenated alkanes) is 2. The van der Waals surface area contributed by atoms with Crippen molar-refractivity contribution < 1.29 is 9.53 Å². The molecule has 6 heteroatoms. The molecular weight excluding hydrogens is 496 g/mol. The number of ether oxygens (including phenoxy) is 1. The minimum atomic E-state index is -0.102. The third kappa shape index (κ3) is 7.86. The lowest BCUT2D eigenvalue weighted by Crippen LogP contribution is -2.46. The average Bonchev–Trinajstić information content (AvgIpc) is 2.98. The molecule has 0 bridgehead atoms. The van der Waals surface area contributed by atoms with Crippen molar-refractivity contribution in [1.82, 2.24) is 9.80 Å². The number of carbonyl (C=O) groups excluding carboxylic acids is 1. The van der Waals surface area contributed by atoms with E-state index in [2.05, 4.69) is 121 Å². The van der Waals surface area contributed by atoms with E-state index < -0.39 is 0 Å². The molecule has 1 heterocycles. The van der Waals surface area contributed by atoms with Gasteiger partial charge in [0.1, 0.15) is 0 Å². The number of likely N-dealkylation sites (N-methyl/N-ethyl adjacent to an activating group) is 1. The summed E-state index contributed by atoms with van der Waals surface area (Å²) in [5, 5.41) is 0. The third-order valence-corrected chi connectivity index (χ3v) is 7.98. The fourth-order valence-electron chi connectivity index (χ4n) is 5.41. The van der Waals surface area contributed by atoms with Crippen LogP contribution in [-0.2, 0) is 9.53 Å². The molecule has 2 aliphatic rings. The summed E-state index contributed by atoms with van der Waals surface area (Å²) in [5.41, 5.74) is 7.45. The molecule has 0 spiro atoms. The number of esters is 1. The van der Waals surface area contributed by atoms with E-state index in [0.717, 1.165) is 52.0 Å². The van der Waals surface area contributed by atoms with Crippen molar-refractivity contribution in [2.24, 2.45) is 0 Å². The molecule has 0 aromatic heterocycles. The van der Waals surface area contributed by atoms with E-state index in [9.17, 15) is 4.79 Å². The molecule has 2 aromatic rings. The summed E-state index contributed by atoms with van der Waals surface area (Å²) in [6, 6.07) is 18.3. The highest BCUT2D eigenvalue weighted by Crippen LogP contribution is 2.32. The number of piperazine rings is 1. The number of anilines is 2. The smallest absolute Gasteiger partial charge is 0.305 e. The van der Waals surface area contributed by atoms with E-state index in [1.54, 1.807) is 0 Å². The van der Waals surface area contributed by atoms with Gasteiger partial charge in [0, 0.05) is 64.1 Å². The van der Waals surface area contributed by atoms with Crippen LogP contribution in [-0.4, -0.2) is 89.8 Å². The Morgan fingerprint density at radius 1 is 0.825 bits per heavy atom. The van der Waals surface area contributed by atoms with Gasteiger partial charge >= 0.3 is 5.97 Å². The number of allylic oxidation sites excluding steroid dienone is 3. The zero-order valence-corrected chi connectivity index (χ0v) is 25.0. The minimum Gasteiger partial charge on any atom is -0.469 e. The molecule has 1 saturated heterocycles. The first kappa shape index (κ1) is 29.6. The van der Waals surface area contributed by atoms with Crippen LogP contribution >= 0.6 is 0 Å². The van der Waals surface area contributed by atoms with E-state index in [1.165, 1.54) is 40.8 Å². The first-order valence-electron chi connectivity index (χ1n) is 14.5. The van der Waals surface area contributed by atoms with Crippen LogP contribution in [0.1, 0.15) is 36.8 Å². The second-order valence-electron chi connectivity index (χ2n) is 11.2. The van der Waals surface area contributed by atoms with Crippen LogP contribution in [0.5, 0.6) is 0 Å². The highest BCUT2D eigenvalue weighted by molar-refractivity contribution is 5.86. The summed E-state index contributed by atoms with van der Waals surface area (Å²) in [7, 11) is 9.84. The Balaban J connectivity index is 1.42. The van der Waals surface area contributed by atoms with Crippen molar-refractivity contribution in [3.63, 3.8) is 0 Å². The Morgan fingerprint density at radius 2 is 1.43 bits per heavy atom. The molecule has 1 aliphatic heterocycles. The van der Waals surface area contributed by atoms with Crippen LogP contribution in [0.25, 0.3) is 5.57 Å². The highest BCUT2D eigenvalue weighted by atomic mass is 16.5. The van der Waals surface area contributed by atoms with Crippen LogP contribution in [0.4, 0.5) is 11.4 Å². The van der Waals surface area contributed by atoms with Gasteiger partial charge in [-0.25, -0.2) is 0 Å². The van der Waals surface area contributed by atoms with Crippen LogP contribution in [0.15, 0.2) is 78.4 Å². The highest BCUT2D eigenvalue weighted by Gasteiger charge is 2.18. The second kappa shape index (κ2) is 14.3. The maximum absolute atomic E-state index is 11.3. The zero-order valence-electron chi connectivity index (χ0n) is 25.0. The lowest BCUT2D eigenvalue weighted by atomic mass is 9.90. The average molecular weight is 543 g/mol. The summed E-state index contributed by atoms with van der Waals surface area (Å²) in [4.78, 5) is 20.7. The van der Waals surface area contributed by atoms with Crippen molar-refractivity contribution in [3.8, 4) is 0 Å².